The molecular weight excluding hydrogens is 696 g/mol. The lowest BCUT2D eigenvalue weighted by molar-refractivity contribution is -0.123. The number of carbonyl (C=O) groups excluding carboxylic acids is 6. The molecule has 0 saturated heterocycles. The summed E-state index contributed by atoms with van der Waals surface area (Å²) >= 11 is 0. The number of nitrogens with zero attached hydrogens (tertiary/aromatic N) is 3. The van der Waals surface area contributed by atoms with Gasteiger partial charge in [-0.3, -0.25) is 33.7 Å². The highest BCUT2D eigenvalue weighted by Gasteiger charge is 2.33. The third kappa shape index (κ3) is 13.9. The van der Waals surface area contributed by atoms with E-state index in [9.17, 15) is 28.8 Å². The van der Waals surface area contributed by atoms with Gasteiger partial charge in [-0.1, -0.05) is 12.1 Å². The van der Waals surface area contributed by atoms with Gasteiger partial charge in [0, 0.05) is 158 Å². The maximum Gasteiger partial charge on any atom is 0.261 e. The van der Waals surface area contributed by atoms with Crippen molar-refractivity contribution in [1.29, 1.82) is 0 Å². The van der Waals surface area contributed by atoms with E-state index in [4.69, 9.17) is 22.9 Å². The third-order valence-corrected chi connectivity index (χ3v) is 8.86. The molecular formula is C36H58N12O6. The van der Waals surface area contributed by atoms with Gasteiger partial charge in [-0.25, -0.2) is 0 Å². The number of anilines is 1. The van der Waals surface area contributed by atoms with Gasteiger partial charge in [0.05, 0.1) is 0 Å². The van der Waals surface area contributed by atoms with Crippen LogP contribution in [0.15, 0.2) is 30.3 Å². The van der Waals surface area contributed by atoms with Gasteiger partial charge in [-0.2, -0.15) is 0 Å². The summed E-state index contributed by atoms with van der Waals surface area (Å²) < 4.78 is 0. The Hall–Kier alpha value is -4.72. The summed E-state index contributed by atoms with van der Waals surface area (Å²) in [5.74, 6) is -1.47. The van der Waals surface area contributed by atoms with Gasteiger partial charge in [0.15, 0.2) is 0 Å². The number of benzene rings is 2. The van der Waals surface area contributed by atoms with Crippen molar-refractivity contribution in [3.63, 3.8) is 0 Å². The predicted octanol–water partition coefficient (Wildman–Crippen LogP) is -2.69. The molecule has 54 heavy (non-hydrogen) atoms. The minimum atomic E-state index is -0.427. The highest BCUT2D eigenvalue weighted by molar-refractivity contribution is 6.26. The van der Waals surface area contributed by atoms with E-state index in [-0.39, 0.29) is 62.4 Å². The fourth-order valence-corrected chi connectivity index (χ4v) is 6.00. The smallest absolute Gasteiger partial charge is 0.261 e. The van der Waals surface area contributed by atoms with Crippen LogP contribution in [-0.2, 0) is 19.2 Å². The molecule has 0 unspecified atom stereocenters. The number of nitrogens with two attached hydrogens (primary N) is 4. The SMILES string of the molecule is NCCNC(=O)CCN(CCNc1ccc2c3c(cccc13)C(=O)N(CCN(CCC(=O)NCCN)CCC(=O)NCCN)C2=O)CCC(=O)NCCN. The zero-order chi connectivity index (χ0) is 39.3. The van der Waals surface area contributed by atoms with Crippen molar-refractivity contribution in [3.05, 3.63) is 41.5 Å². The van der Waals surface area contributed by atoms with Gasteiger partial charge in [-0.15, -0.1) is 0 Å². The second-order valence-corrected chi connectivity index (χ2v) is 12.8. The zero-order valence-electron chi connectivity index (χ0n) is 31.1. The highest BCUT2D eigenvalue weighted by Crippen LogP contribution is 2.34. The van der Waals surface area contributed by atoms with Crippen molar-refractivity contribution in [2.45, 2.75) is 25.7 Å². The number of carbonyl (C=O) groups is 6. The topological polar surface area (TPSA) is 276 Å². The number of rotatable bonds is 27. The van der Waals surface area contributed by atoms with Crippen LogP contribution in [0, 0.1) is 0 Å². The Kier molecular flexibility index (Phi) is 19.3. The Balaban J connectivity index is 1.70. The highest BCUT2D eigenvalue weighted by atomic mass is 16.2. The summed E-state index contributed by atoms with van der Waals surface area (Å²) in [6.07, 6.45) is 0.822. The molecule has 1 aliphatic heterocycles. The van der Waals surface area contributed by atoms with E-state index in [1.807, 2.05) is 21.9 Å². The van der Waals surface area contributed by atoms with E-state index in [0.717, 1.165) is 5.69 Å². The minimum Gasteiger partial charge on any atom is -0.383 e. The van der Waals surface area contributed by atoms with E-state index >= 15 is 0 Å². The maximum atomic E-state index is 13.8. The summed E-state index contributed by atoms with van der Waals surface area (Å²) in [5, 5.41) is 15.7. The molecule has 0 bridgehead atoms. The Bertz CT molecular complexity index is 1500. The fraction of sp³-hybridized carbons (Fsp3) is 0.556. The molecule has 0 atom stereocenters. The van der Waals surface area contributed by atoms with E-state index < -0.39 is 11.8 Å². The molecule has 0 aliphatic carbocycles. The molecule has 0 aromatic heterocycles. The Morgan fingerprint density at radius 3 is 1.41 bits per heavy atom. The van der Waals surface area contributed by atoms with Crippen LogP contribution in [0.2, 0.25) is 0 Å². The average Bonchev–Trinajstić information content (AvgIpc) is 3.18. The van der Waals surface area contributed by atoms with Crippen LogP contribution in [0.25, 0.3) is 10.8 Å². The van der Waals surface area contributed by atoms with Gasteiger partial charge in [0.2, 0.25) is 23.6 Å². The molecule has 3 rings (SSSR count). The molecule has 0 saturated carbocycles. The number of imide groups is 1. The van der Waals surface area contributed by atoms with Crippen molar-refractivity contribution in [3.8, 4) is 0 Å². The summed E-state index contributed by atoms with van der Waals surface area (Å²) in [7, 11) is 0. The van der Waals surface area contributed by atoms with Gasteiger partial charge < -0.3 is 59.3 Å². The van der Waals surface area contributed by atoms with E-state index in [1.54, 1.807) is 18.2 Å². The monoisotopic (exact) mass is 754 g/mol. The molecule has 1 heterocycles. The van der Waals surface area contributed by atoms with Crippen LogP contribution in [0.5, 0.6) is 0 Å². The first-order chi connectivity index (χ1) is 26.1. The number of hydrogen-bond acceptors (Lipinski definition) is 13. The number of hydrogen-bond donors (Lipinski definition) is 9. The first-order valence-electron chi connectivity index (χ1n) is 18.6. The standard InChI is InChI=1S/C36H58N12O6/c37-10-14-42-30(49)6-19-46(20-7-31(50)43-15-11-38)23-18-41-29-5-4-28-34-26(29)2-1-3-27(34)35(53)48(36(28)54)25-24-47(21-8-32(51)44-16-12-39)22-9-33(52)45-17-13-40/h1-5,41H,6-25,37-40H2,(H,42,49)(H,43,50)(H,44,51)(H,45,52). The molecule has 18 nitrogen and oxygen atoms in total. The predicted molar refractivity (Wildman–Crippen MR) is 207 cm³/mol. The zero-order valence-corrected chi connectivity index (χ0v) is 31.1. The van der Waals surface area contributed by atoms with Crippen molar-refractivity contribution in [1.82, 2.24) is 36.0 Å². The molecule has 0 fully saturated rings. The number of amides is 6. The van der Waals surface area contributed by atoms with Crippen LogP contribution in [0.4, 0.5) is 5.69 Å². The van der Waals surface area contributed by atoms with Gasteiger partial charge >= 0.3 is 0 Å². The summed E-state index contributed by atoms with van der Waals surface area (Å²) in [4.78, 5) is 81.8. The van der Waals surface area contributed by atoms with Crippen molar-refractivity contribution < 1.29 is 28.8 Å². The van der Waals surface area contributed by atoms with Crippen molar-refractivity contribution in [2.75, 3.05) is 110 Å². The quantitative estimate of drug-likeness (QED) is 0.0421. The number of nitrogens with one attached hydrogen (secondary N) is 5. The summed E-state index contributed by atoms with van der Waals surface area (Å²) in [5.41, 5.74) is 23.5. The van der Waals surface area contributed by atoms with Crippen molar-refractivity contribution >= 4 is 51.9 Å². The van der Waals surface area contributed by atoms with Gasteiger partial charge in [-0.05, 0) is 18.2 Å². The largest absolute Gasteiger partial charge is 0.383 e. The van der Waals surface area contributed by atoms with Crippen LogP contribution in [0.1, 0.15) is 46.4 Å². The van der Waals surface area contributed by atoms with Crippen LogP contribution >= 0.6 is 0 Å². The van der Waals surface area contributed by atoms with Crippen LogP contribution in [0.3, 0.4) is 0 Å². The lowest BCUT2D eigenvalue weighted by atomic mass is 9.93. The average molecular weight is 755 g/mol. The molecule has 2 aromatic carbocycles. The summed E-state index contributed by atoms with van der Waals surface area (Å²) in [6, 6.07) is 8.85. The van der Waals surface area contributed by atoms with Crippen LogP contribution < -0.4 is 49.5 Å². The maximum absolute atomic E-state index is 13.8. The van der Waals surface area contributed by atoms with E-state index in [0.29, 0.717) is 114 Å². The second-order valence-electron chi connectivity index (χ2n) is 12.8. The first kappa shape index (κ1) is 43.7. The van der Waals surface area contributed by atoms with Crippen molar-refractivity contribution in [2.24, 2.45) is 22.9 Å². The Morgan fingerprint density at radius 1 is 0.537 bits per heavy atom. The normalized spacial score (nSPS) is 12.4. The fourth-order valence-electron chi connectivity index (χ4n) is 6.00. The molecule has 298 valence electrons. The van der Waals surface area contributed by atoms with E-state index in [1.165, 1.54) is 4.90 Å². The van der Waals surface area contributed by atoms with Gasteiger partial charge in [0.1, 0.15) is 0 Å². The van der Waals surface area contributed by atoms with E-state index in [2.05, 4.69) is 26.6 Å². The third-order valence-electron chi connectivity index (χ3n) is 8.86. The molecule has 0 spiro atoms. The molecule has 1 aliphatic rings. The lowest BCUT2D eigenvalue weighted by Gasteiger charge is -2.30. The lowest BCUT2D eigenvalue weighted by Crippen LogP contribution is -2.45. The Labute approximate surface area is 316 Å². The Morgan fingerprint density at radius 2 is 0.963 bits per heavy atom. The molecule has 13 N–H and O–H groups in total. The second kappa shape index (κ2) is 23.8. The molecule has 18 heteroatoms. The molecule has 2 aromatic rings. The summed E-state index contributed by atoms with van der Waals surface area (Å²) in [6.45, 7) is 5.61. The van der Waals surface area contributed by atoms with Crippen LogP contribution in [-0.4, -0.2) is 155 Å². The molecule has 6 amide bonds. The minimum absolute atomic E-state index is 0.0622. The molecule has 0 radical (unpaired) electrons. The van der Waals surface area contributed by atoms with Gasteiger partial charge in [0.25, 0.3) is 11.8 Å². The first-order valence-corrected chi connectivity index (χ1v) is 18.6.